The molecule has 0 fully saturated rings. The van der Waals surface area contributed by atoms with Gasteiger partial charge < -0.3 is 10.1 Å². The van der Waals surface area contributed by atoms with Gasteiger partial charge in [0, 0.05) is 18.3 Å². The highest BCUT2D eigenvalue weighted by Crippen LogP contribution is 2.38. The van der Waals surface area contributed by atoms with Gasteiger partial charge in [-0.05, 0) is 25.0 Å². The zero-order valence-electron chi connectivity index (χ0n) is 12.3. The number of rotatable bonds is 3. The van der Waals surface area contributed by atoms with E-state index in [1.807, 2.05) is 31.2 Å². The van der Waals surface area contributed by atoms with Gasteiger partial charge in [-0.1, -0.05) is 24.3 Å². The van der Waals surface area contributed by atoms with Crippen LogP contribution < -0.4 is 10.2 Å². The summed E-state index contributed by atoms with van der Waals surface area (Å²) in [5.41, 5.74) is 1.59. The van der Waals surface area contributed by atoms with Gasteiger partial charge >= 0.3 is 12.0 Å². The number of methoxy groups -OCH3 is 1. The maximum Gasteiger partial charge on any atom is 0.322 e. The minimum absolute atomic E-state index is 0.0891. The Morgan fingerprint density at radius 3 is 2.86 bits per heavy atom. The summed E-state index contributed by atoms with van der Waals surface area (Å²) in [6, 6.07) is 7.18. The molecule has 1 aliphatic heterocycles. The van der Waals surface area contributed by atoms with Crippen LogP contribution in [-0.4, -0.2) is 31.7 Å². The highest BCUT2D eigenvalue weighted by molar-refractivity contribution is 5.96. The van der Waals surface area contributed by atoms with Crippen LogP contribution in [0.25, 0.3) is 0 Å². The van der Waals surface area contributed by atoms with Gasteiger partial charge in [-0.3, -0.25) is 9.69 Å². The molecule has 0 saturated heterocycles. The number of carbonyl (C=O) groups excluding carboxylic acids is 2. The van der Waals surface area contributed by atoms with Crippen molar-refractivity contribution in [2.24, 2.45) is 0 Å². The van der Waals surface area contributed by atoms with Crippen molar-refractivity contribution in [2.75, 3.05) is 18.6 Å². The summed E-state index contributed by atoms with van der Waals surface area (Å²) in [5, 5.41) is 2.78. The fourth-order valence-electron chi connectivity index (χ4n) is 2.73. The number of hydrogen-bond donors (Lipinski definition) is 1. The third kappa shape index (κ3) is 2.91. The Balaban J connectivity index is 2.38. The maximum absolute atomic E-state index is 12.3. The number of fused-ring (bicyclic) bond motifs is 1. The number of urea groups is 1. The van der Waals surface area contributed by atoms with E-state index in [2.05, 4.69) is 11.9 Å². The number of ether oxygens (including phenoxy) is 1. The number of carbonyl (C=O) groups is 2. The zero-order chi connectivity index (χ0) is 15.4. The Kier molecular flexibility index (Phi) is 4.62. The molecule has 1 aromatic rings. The second kappa shape index (κ2) is 6.43. The summed E-state index contributed by atoms with van der Waals surface area (Å²) in [4.78, 5) is 26.0. The molecule has 2 atom stereocenters. The van der Waals surface area contributed by atoms with Crippen molar-refractivity contribution in [3.8, 4) is 0 Å². The van der Waals surface area contributed by atoms with E-state index in [1.165, 1.54) is 7.11 Å². The van der Waals surface area contributed by atoms with E-state index in [4.69, 9.17) is 4.74 Å². The summed E-state index contributed by atoms with van der Waals surface area (Å²) in [5.74, 6) is -0.592. The van der Waals surface area contributed by atoms with Crippen molar-refractivity contribution in [2.45, 2.75) is 25.3 Å². The van der Waals surface area contributed by atoms with Gasteiger partial charge in [-0.25, -0.2) is 4.79 Å². The molecule has 2 amide bonds. The normalized spacial score (nSPS) is 20.4. The molecule has 1 aliphatic rings. The summed E-state index contributed by atoms with van der Waals surface area (Å²) in [7, 11) is 1.39. The molecule has 112 valence electrons. The molecule has 1 aromatic carbocycles. The summed E-state index contributed by atoms with van der Waals surface area (Å²) in [6.07, 6.45) is 2.18. The van der Waals surface area contributed by atoms with Gasteiger partial charge in [0.05, 0.1) is 13.0 Å². The van der Waals surface area contributed by atoms with Crippen LogP contribution in [0.3, 0.4) is 0 Å². The summed E-state index contributed by atoms with van der Waals surface area (Å²) >= 11 is 0. The van der Waals surface area contributed by atoms with Gasteiger partial charge in [0.15, 0.2) is 0 Å². The fraction of sp³-hybridized carbons (Fsp3) is 0.375. The number of hydrogen-bond acceptors (Lipinski definition) is 3. The van der Waals surface area contributed by atoms with Crippen molar-refractivity contribution >= 4 is 17.7 Å². The minimum Gasteiger partial charge on any atom is -0.469 e. The lowest BCUT2D eigenvalue weighted by Crippen LogP contribution is -2.49. The molecule has 0 bridgehead atoms. The molecule has 0 saturated carbocycles. The Labute approximate surface area is 124 Å². The van der Waals surface area contributed by atoms with Crippen molar-refractivity contribution in [3.05, 3.63) is 42.5 Å². The highest BCUT2D eigenvalue weighted by Gasteiger charge is 2.37. The van der Waals surface area contributed by atoms with Gasteiger partial charge in [0.1, 0.15) is 0 Å². The average molecular weight is 288 g/mol. The fourth-order valence-corrected chi connectivity index (χ4v) is 2.73. The molecule has 0 radical (unpaired) electrons. The maximum atomic E-state index is 12.3. The van der Waals surface area contributed by atoms with E-state index in [1.54, 1.807) is 11.0 Å². The Morgan fingerprint density at radius 1 is 1.48 bits per heavy atom. The van der Waals surface area contributed by atoms with Crippen LogP contribution in [0, 0.1) is 0 Å². The molecule has 5 heteroatoms. The van der Waals surface area contributed by atoms with Gasteiger partial charge in [0.25, 0.3) is 0 Å². The standard InChI is InChI=1S/C16H20N2O3/c1-4-9-17-16(20)18-11(2)10-13(15(19)21-3)12-7-5-6-8-14(12)18/h4-8,11,13H,1,9-10H2,2-3H3,(H,17,20). The lowest BCUT2D eigenvalue weighted by Gasteiger charge is -2.38. The number of nitrogens with zero attached hydrogens (tertiary/aromatic N) is 1. The molecule has 0 aliphatic carbocycles. The monoisotopic (exact) mass is 288 g/mol. The molecule has 2 unspecified atom stereocenters. The van der Waals surface area contributed by atoms with Gasteiger partial charge in [-0.2, -0.15) is 0 Å². The van der Waals surface area contributed by atoms with Crippen LogP contribution in [0.2, 0.25) is 0 Å². The third-order valence-electron chi connectivity index (χ3n) is 3.69. The molecular formula is C16H20N2O3. The third-order valence-corrected chi connectivity index (χ3v) is 3.69. The number of para-hydroxylation sites is 1. The SMILES string of the molecule is C=CCNC(=O)N1c2ccccc2C(C(=O)OC)CC1C. The van der Waals surface area contributed by atoms with Crippen LogP contribution in [-0.2, 0) is 9.53 Å². The minimum atomic E-state index is -0.329. The molecule has 21 heavy (non-hydrogen) atoms. The smallest absolute Gasteiger partial charge is 0.322 e. The molecule has 1 N–H and O–H groups in total. The van der Waals surface area contributed by atoms with Crippen molar-refractivity contribution in [1.82, 2.24) is 5.32 Å². The van der Waals surface area contributed by atoms with Crippen molar-refractivity contribution in [3.63, 3.8) is 0 Å². The first-order valence-corrected chi connectivity index (χ1v) is 6.94. The number of benzene rings is 1. The summed E-state index contributed by atoms with van der Waals surface area (Å²) in [6.45, 7) is 5.93. The van der Waals surface area contributed by atoms with E-state index < -0.39 is 0 Å². The lowest BCUT2D eigenvalue weighted by atomic mass is 9.86. The van der Waals surface area contributed by atoms with E-state index >= 15 is 0 Å². The molecular weight excluding hydrogens is 268 g/mol. The van der Waals surface area contributed by atoms with E-state index in [-0.39, 0.29) is 24.0 Å². The first-order valence-electron chi connectivity index (χ1n) is 6.94. The Morgan fingerprint density at radius 2 is 2.19 bits per heavy atom. The van der Waals surface area contributed by atoms with Crippen molar-refractivity contribution < 1.29 is 14.3 Å². The zero-order valence-corrected chi connectivity index (χ0v) is 12.3. The average Bonchev–Trinajstić information content (AvgIpc) is 2.51. The first-order chi connectivity index (χ1) is 10.1. The largest absolute Gasteiger partial charge is 0.469 e. The van der Waals surface area contributed by atoms with Crippen LogP contribution in [0.5, 0.6) is 0 Å². The van der Waals surface area contributed by atoms with Crippen LogP contribution >= 0.6 is 0 Å². The first kappa shape index (κ1) is 15.1. The van der Waals surface area contributed by atoms with Crippen LogP contribution in [0.15, 0.2) is 36.9 Å². The van der Waals surface area contributed by atoms with E-state index in [0.29, 0.717) is 13.0 Å². The molecule has 0 spiro atoms. The van der Waals surface area contributed by atoms with E-state index in [0.717, 1.165) is 11.3 Å². The van der Waals surface area contributed by atoms with Gasteiger partial charge in [-0.15, -0.1) is 6.58 Å². The quantitative estimate of drug-likeness (QED) is 0.686. The molecule has 0 aromatic heterocycles. The number of anilines is 1. The molecule has 2 rings (SSSR count). The predicted molar refractivity (Wildman–Crippen MR) is 81.4 cm³/mol. The van der Waals surface area contributed by atoms with Crippen LogP contribution in [0.1, 0.15) is 24.8 Å². The Hall–Kier alpha value is -2.30. The highest BCUT2D eigenvalue weighted by atomic mass is 16.5. The molecule has 5 nitrogen and oxygen atoms in total. The van der Waals surface area contributed by atoms with Gasteiger partial charge in [0.2, 0.25) is 0 Å². The predicted octanol–water partition coefficient (Wildman–Crippen LogP) is 2.44. The van der Waals surface area contributed by atoms with Crippen LogP contribution in [0.4, 0.5) is 10.5 Å². The van der Waals surface area contributed by atoms with E-state index in [9.17, 15) is 9.59 Å². The second-order valence-electron chi connectivity index (χ2n) is 5.06. The number of amides is 2. The van der Waals surface area contributed by atoms with Crippen molar-refractivity contribution in [1.29, 1.82) is 0 Å². The number of esters is 1. The molecule has 1 heterocycles. The second-order valence-corrected chi connectivity index (χ2v) is 5.06. The Bertz CT molecular complexity index is 556. The topological polar surface area (TPSA) is 58.6 Å². The lowest BCUT2D eigenvalue weighted by molar-refractivity contribution is -0.142. The number of nitrogens with one attached hydrogen (secondary N) is 1. The summed E-state index contributed by atoms with van der Waals surface area (Å²) < 4.78 is 4.88.